The lowest BCUT2D eigenvalue weighted by Crippen LogP contribution is -2.43. The number of benzene rings is 2. The predicted molar refractivity (Wildman–Crippen MR) is 112 cm³/mol. The predicted octanol–water partition coefficient (Wildman–Crippen LogP) is 4.90. The molecule has 1 heterocycles. The van der Waals surface area contributed by atoms with Crippen LogP contribution in [-0.2, 0) is 11.3 Å². The SMILES string of the molecule is Cc1ccc(OC(C)C(=O)N(Cc2nnc(-c3ccc(Cl)cc3)o2)C(C)C)cc1. The zero-order valence-electron chi connectivity index (χ0n) is 16.9. The summed E-state index contributed by atoms with van der Waals surface area (Å²) in [5, 5.41) is 8.80. The van der Waals surface area contributed by atoms with Gasteiger partial charge in [-0.1, -0.05) is 29.3 Å². The van der Waals surface area contributed by atoms with Crippen molar-refractivity contribution in [1.29, 1.82) is 0 Å². The highest BCUT2D eigenvalue weighted by Gasteiger charge is 2.26. The molecule has 6 nitrogen and oxygen atoms in total. The van der Waals surface area contributed by atoms with Crippen molar-refractivity contribution >= 4 is 17.5 Å². The molecule has 0 radical (unpaired) electrons. The molecule has 0 saturated carbocycles. The minimum absolute atomic E-state index is 0.0579. The molecular formula is C22H24ClN3O3. The molecule has 1 atom stereocenters. The van der Waals surface area contributed by atoms with Gasteiger partial charge in [0.1, 0.15) is 5.75 Å². The van der Waals surface area contributed by atoms with Crippen LogP contribution in [0.15, 0.2) is 52.9 Å². The fourth-order valence-electron chi connectivity index (χ4n) is 2.79. The zero-order valence-corrected chi connectivity index (χ0v) is 17.7. The minimum Gasteiger partial charge on any atom is -0.481 e. The Labute approximate surface area is 175 Å². The number of carbonyl (C=O) groups is 1. The van der Waals surface area contributed by atoms with Gasteiger partial charge in [-0.2, -0.15) is 0 Å². The van der Waals surface area contributed by atoms with E-state index in [-0.39, 0.29) is 18.5 Å². The number of amides is 1. The molecule has 0 N–H and O–H groups in total. The number of nitrogens with zero attached hydrogens (tertiary/aromatic N) is 3. The molecule has 0 aliphatic carbocycles. The monoisotopic (exact) mass is 413 g/mol. The topological polar surface area (TPSA) is 68.5 Å². The quantitative estimate of drug-likeness (QED) is 0.550. The lowest BCUT2D eigenvalue weighted by atomic mass is 10.2. The van der Waals surface area contributed by atoms with Crippen molar-refractivity contribution in [2.75, 3.05) is 0 Å². The zero-order chi connectivity index (χ0) is 21.0. The Bertz CT molecular complexity index is 952. The van der Waals surface area contributed by atoms with Gasteiger partial charge in [0.2, 0.25) is 11.8 Å². The van der Waals surface area contributed by atoms with Crippen molar-refractivity contribution in [3.05, 3.63) is 65.0 Å². The molecule has 0 aliphatic rings. The summed E-state index contributed by atoms with van der Waals surface area (Å²) in [6.45, 7) is 7.82. The summed E-state index contributed by atoms with van der Waals surface area (Å²) in [4.78, 5) is 14.6. The summed E-state index contributed by atoms with van der Waals surface area (Å²) in [6.07, 6.45) is -0.640. The average molecular weight is 414 g/mol. The van der Waals surface area contributed by atoms with E-state index in [1.165, 1.54) is 0 Å². The van der Waals surface area contributed by atoms with Crippen molar-refractivity contribution < 1.29 is 13.9 Å². The first kappa shape index (κ1) is 20.9. The molecule has 1 unspecified atom stereocenters. The molecule has 0 bridgehead atoms. The van der Waals surface area contributed by atoms with Gasteiger partial charge >= 0.3 is 0 Å². The molecule has 0 saturated heterocycles. The van der Waals surface area contributed by atoms with E-state index < -0.39 is 6.10 Å². The molecule has 0 spiro atoms. The summed E-state index contributed by atoms with van der Waals surface area (Å²) >= 11 is 5.92. The van der Waals surface area contributed by atoms with Crippen LogP contribution in [0, 0.1) is 6.92 Å². The van der Waals surface area contributed by atoms with Crippen LogP contribution in [0.2, 0.25) is 5.02 Å². The molecule has 7 heteroatoms. The second kappa shape index (κ2) is 9.09. The molecule has 1 amide bonds. The molecule has 0 fully saturated rings. The van der Waals surface area contributed by atoms with E-state index in [0.29, 0.717) is 22.6 Å². The lowest BCUT2D eigenvalue weighted by Gasteiger charge is -2.28. The van der Waals surface area contributed by atoms with Crippen molar-refractivity contribution in [2.24, 2.45) is 0 Å². The van der Waals surface area contributed by atoms with Crippen molar-refractivity contribution in [3.8, 4) is 17.2 Å². The maximum absolute atomic E-state index is 13.0. The Morgan fingerprint density at radius 1 is 1.07 bits per heavy atom. The fraction of sp³-hybridized carbons (Fsp3) is 0.318. The Balaban J connectivity index is 1.70. The number of carbonyl (C=O) groups excluding carboxylic acids is 1. The molecule has 3 aromatic rings. The Kier molecular flexibility index (Phi) is 6.54. The van der Waals surface area contributed by atoms with Crippen LogP contribution in [-0.4, -0.2) is 33.2 Å². The Morgan fingerprint density at radius 2 is 1.72 bits per heavy atom. The first-order valence-electron chi connectivity index (χ1n) is 9.45. The van der Waals surface area contributed by atoms with Gasteiger partial charge in [0.25, 0.3) is 5.91 Å². The van der Waals surface area contributed by atoms with Crippen LogP contribution in [0.4, 0.5) is 0 Å². The standard InChI is InChI=1S/C22H24ClN3O3/c1-14(2)26(22(27)16(4)28-19-11-5-15(3)6-12-19)13-20-24-25-21(29-20)17-7-9-18(23)10-8-17/h5-12,14,16H,13H2,1-4H3. The van der Waals surface area contributed by atoms with Crippen LogP contribution in [0.1, 0.15) is 32.2 Å². The third-order valence-electron chi connectivity index (χ3n) is 4.45. The molecule has 29 heavy (non-hydrogen) atoms. The smallest absolute Gasteiger partial charge is 0.264 e. The van der Waals surface area contributed by atoms with E-state index in [2.05, 4.69) is 10.2 Å². The van der Waals surface area contributed by atoms with Crippen LogP contribution >= 0.6 is 11.6 Å². The van der Waals surface area contributed by atoms with Crippen LogP contribution in [0.5, 0.6) is 5.75 Å². The summed E-state index contributed by atoms with van der Waals surface area (Å²) < 4.78 is 11.6. The number of ether oxygens (including phenoxy) is 1. The van der Waals surface area contributed by atoms with E-state index in [1.807, 2.05) is 57.2 Å². The maximum Gasteiger partial charge on any atom is 0.264 e. The summed E-state index contributed by atoms with van der Waals surface area (Å²) in [7, 11) is 0. The van der Waals surface area contributed by atoms with E-state index in [4.69, 9.17) is 20.8 Å². The van der Waals surface area contributed by atoms with E-state index in [0.717, 1.165) is 11.1 Å². The molecule has 152 valence electrons. The van der Waals surface area contributed by atoms with Crippen LogP contribution < -0.4 is 4.74 Å². The van der Waals surface area contributed by atoms with Crippen molar-refractivity contribution in [2.45, 2.75) is 46.4 Å². The van der Waals surface area contributed by atoms with Gasteiger partial charge in [-0.05, 0) is 64.1 Å². The van der Waals surface area contributed by atoms with Gasteiger partial charge in [-0.25, -0.2) is 0 Å². The Hall–Kier alpha value is -2.86. The largest absolute Gasteiger partial charge is 0.481 e. The number of hydrogen-bond donors (Lipinski definition) is 0. The summed E-state index contributed by atoms with van der Waals surface area (Å²) in [6, 6.07) is 14.7. The highest BCUT2D eigenvalue weighted by Crippen LogP contribution is 2.21. The lowest BCUT2D eigenvalue weighted by molar-refractivity contribution is -0.140. The van der Waals surface area contributed by atoms with E-state index in [1.54, 1.807) is 24.0 Å². The minimum atomic E-state index is -0.640. The molecule has 0 aliphatic heterocycles. The summed E-state index contributed by atoms with van der Waals surface area (Å²) in [5.74, 6) is 1.26. The average Bonchev–Trinajstić information content (AvgIpc) is 3.16. The molecule has 2 aromatic carbocycles. The van der Waals surface area contributed by atoms with E-state index >= 15 is 0 Å². The first-order chi connectivity index (χ1) is 13.8. The van der Waals surface area contributed by atoms with E-state index in [9.17, 15) is 4.79 Å². The normalized spacial score (nSPS) is 12.1. The van der Waals surface area contributed by atoms with Gasteiger partial charge in [0.15, 0.2) is 6.10 Å². The van der Waals surface area contributed by atoms with Gasteiger partial charge in [-0.3, -0.25) is 4.79 Å². The third kappa shape index (κ3) is 5.35. The Morgan fingerprint density at radius 3 is 2.34 bits per heavy atom. The van der Waals surface area contributed by atoms with Crippen molar-refractivity contribution in [1.82, 2.24) is 15.1 Å². The van der Waals surface area contributed by atoms with Gasteiger partial charge in [-0.15, -0.1) is 10.2 Å². The summed E-state index contributed by atoms with van der Waals surface area (Å²) in [5.41, 5.74) is 1.90. The highest BCUT2D eigenvalue weighted by atomic mass is 35.5. The van der Waals surface area contributed by atoms with Gasteiger partial charge in [0.05, 0.1) is 6.54 Å². The second-order valence-electron chi connectivity index (χ2n) is 7.14. The molecule has 1 aromatic heterocycles. The second-order valence-corrected chi connectivity index (χ2v) is 7.58. The van der Waals surface area contributed by atoms with Crippen molar-refractivity contribution in [3.63, 3.8) is 0 Å². The van der Waals surface area contributed by atoms with Crippen LogP contribution in [0.3, 0.4) is 0 Å². The van der Waals surface area contributed by atoms with Gasteiger partial charge < -0.3 is 14.1 Å². The fourth-order valence-corrected chi connectivity index (χ4v) is 2.92. The number of aromatic nitrogens is 2. The molecular weight excluding hydrogens is 390 g/mol. The van der Waals surface area contributed by atoms with Crippen LogP contribution in [0.25, 0.3) is 11.5 Å². The molecule has 3 rings (SSSR count). The van der Waals surface area contributed by atoms with Gasteiger partial charge in [0, 0.05) is 16.6 Å². The number of halogens is 1. The third-order valence-corrected chi connectivity index (χ3v) is 4.70. The highest BCUT2D eigenvalue weighted by molar-refractivity contribution is 6.30. The number of rotatable bonds is 7. The first-order valence-corrected chi connectivity index (χ1v) is 9.83. The number of hydrogen-bond acceptors (Lipinski definition) is 5. The maximum atomic E-state index is 13.0. The number of aryl methyl sites for hydroxylation is 1.